The van der Waals surface area contributed by atoms with E-state index in [1.54, 1.807) is 30.5 Å². The first kappa shape index (κ1) is 26.2. The van der Waals surface area contributed by atoms with Crippen LogP contribution in [-0.4, -0.2) is 50.2 Å². The molecule has 2 heterocycles. The maximum absolute atomic E-state index is 13.7. The summed E-state index contributed by atoms with van der Waals surface area (Å²) < 4.78 is 24.8. The van der Waals surface area contributed by atoms with E-state index in [1.165, 1.54) is 24.9 Å². The lowest BCUT2D eigenvalue weighted by molar-refractivity contribution is 0.1000. The molecule has 8 nitrogen and oxygen atoms in total. The predicted octanol–water partition coefficient (Wildman–Crippen LogP) is 3.89. The van der Waals surface area contributed by atoms with Gasteiger partial charge in [-0.15, -0.1) is 0 Å². The van der Waals surface area contributed by atoms with Crippen molar-refractivity contribution in [1.82, 2.24) is 15.3 Å². The van der Waals surface area contributed by atoms with Crippen LogP contribution in [0.2, 0.25) is 0 Å². The maximum atomic E-state index is 13.7. The Morgan fingerprint density at radius 3 is 2.49 bits per heavy atom. The van der Waals surface area contributed by atoms with Crippen molar-refractivity contribution in [3.8, 4) is 11.6 Å². The number of hydrogen-bond donors (Lipinski definition) is 2. The molecule has 0 unspecified atom stereocenters. The van der Waals surface area contributed by atoms with E-state index in [0.717, 1.165) is 41.3 Å². The first-order valence-corrected chi connectivity index (χ1v) is 12.0. The van der Waals surface area contributed by atoms with Crippen molar-refractivity contribution in [1.29, 1.82) is 0 Å². The van der Waals surface area contributed by atoms with E-state index >= 15 is 0 Å². The number of nitrogens with zero attached hydrogens (tertiary/aromatic N) is 3. The average molecular weight is 500 g/mol. The molecular weight excluding hydrogens is 469 g/mol. The topological polar surface area (TPSA) is 103 Å². The number of hydrogen-bond acceptors (Lipinski definition) is 8. The highest BCUT2D eigenvalue weighted by Crippen LogP contribution is 2.35. The van der Waals surface area contributed by atoms with Crippen LogP contribution in [0.4, 0.5) is 10.3 Å². The first-order chi connectivity index (χ1) is 16.9. The van der Waals surface area contributed by atoms with Gasteiger partial charge in [0.2, 0.25) is 17.7 Å². The number of amides is 1. The molecule has 0 spiro atoms. The van der Waals surface area contributed by atoms with Crippen LogP contribution in [-0.2, 0) is 6.61 Å². The summed E-state index contributed by atoms with van der Waals surface area (Å²) in [4.78, 5) is 24.3. The molecule has 1 amide bonds. The largest absolute Gasteiger partial charge is 0.494 e. The maximum Gasteiger partial charge on any atom is 0.248 e. The number of carbonyl (C=O) groups excluding carboxylic acids is 1. The Balaban J connectivity index is 0.00000108. The van der Waals surface area contributed by atoms with Crippen LogP contribution in [0.5, 0.6) is 11.6 Å². The zero-order valence-electron chi connectivity index (χ0n) is 20.1. The molecule has 1 aliphatic heterocycles. The molecule has 35 heavy (non-hydrogen) atoms. The summed E-state index contributed by atoms with van der Waals surface area (Å²) in [5.41, 5.74) is 6.52. The molecular formula is C25H30FN5O3S. The van der Waals surface area contributed by atoms with Crippen LogP contribution < -0.4 is 25.4 Å². The minimum absolute atomic E-state index is 0.163. The molecule has 10 heteroatoms. The first-order valence-electron chi connectivity index (χ1n) is 11.2. The monoisotopic (exact) mass is 499 g/mol. The molecule has 2 aromatic carbocycles. The molecule has 0 radical (unpaired) electrons. The second-order valence-electron chi connectivity index (χ2n) is 7.78. The molecule has 1 fully saturated rings. The zero-order chi connectivity index (χ0) is 25.2. The molecule has 0 aliphatic carbocycles. The Kier molecular flexibility index (Phi) is 9.68. The van der Waals surface area contributed by atoms with Crippen molar-refractivity contribution in [3.63, 3.8) is 0 Å². The number of nitrogens with two attached hydrogens (primary N) is 1. The van der Waals surface area contributed by atoms with E-state index in [0.29, 0.717) is 17.4 Å². The standard InChI is InChI=1S/C23H23FN4O3S.C2H7N/c1-30-19-12-15(4-9-18(19)24)14-31-22-20(13-26-23(27-22)28-10-2-3-11-28)32-17-7-5-16(6-8-17)21(25)29;1-3-2/h4-9,12-13H,2-3,10-11,14H2,1H3,(H2,25,29);3H,1-2H3. The Bertz CT molecular complexity index is 1120. The van der Waals surface area contributed by atoms with Crippen molar-refractivity contribution < 1.29 is 18.7 Å². The summed E-state index contributed by atoms with van der Waals surface area (Å²) in [7, 11) is 5.17. The Morgan fingerprint density at radius 1 is 1.17 bits per heavy atom. The van der Waals surface area contributed by atoms with Gasteiger partial charge in [0.25, 0.3) is 0 Å². The van der Waals surface area contributed by atoms with Crippen molar-refractivity contribution in [2.75, 3.05) is 39.2 Å². The van der Waals surface area contributed by atoms with Crippen LogP contribution in [0.15, 0.2) is 58.5 Å². The summed E-state index contributed by atoms with van der Waals surface area (Å²) in [5, 5.41) is 2.75. The van der Waals surface area contributed by atoms with E-state index in [1.807, 2.05) is 26.2 Å². The van der Waals surface area contributed by atoms with Gasteiger partial charge in [0, 0.05) is 23.5 Å². The Labute approximate surface area is 209 Å². The van der Waals surface area contributed by atoms with Gasteiger partial charge in [-0.1, -0.05) is 17.8 Å². The van der Waals surface area contributed by atoms with Gasteiger partial charge in [0.1, 0.15) is 6.61 Å². The quantitative estimate of drug-likeness (QED) is 0.481. The third-order valence-electron chi connectivity index (χ3n) is 5.06. The molecule has 1 aromatic heterocycles. The van der Waals surface area contributed by atoms with Gasteiger partial charge in [-0.3, -0.25) is 4.79 Å². The molecule has 0 saturated carbocycles. The van der Waals surface area contributed by atoms with Gasteiger partial charge in [0.15, 0.2) is 11.6 Å². The van der Waals surface area contributed by atoms with Gasteiger partial charge in [-0.2, -0.15) is 4.98 Å². The number of methoxy groups -OCH3 is 1. The fraction of sp³-hybridized carbons (Fsp3) is 0.320. The van der Waals surface area contributed by atoms with Crippen molar-refractivity contribution in [2.24, 2.45) is 5.73 Å². The van der Waals surface area contributed by atoms with Gasteiger partial charge in [-0.05, 0) is 68.9 Å². The number of nitrogens with one attached hydrogen (secondary N) is 1. The second kappa shape index (κ2) is 12.9. The lowest BCUT2D eigenvalue weighted by Gasteiger charge is -2.17. The summed E-state index contributed by atoms with van der Waals surface area (Å²) in [5.74, 6) is 0.330. The number of anilines is 1. The lowest BCUT2D eigenvalue weighted by Crippen LogP contribution is -2.20. The lowest BCUT2D eigenvalue weighted by atomic mass is 10.2. The minimum atomic E-state index is -0.474. The van der Waals surface area contributed by atoms with Gasteiger partial charge in [0.05, 0.1) is 18.2 Å². The molecule has 186 valence electrons. The summed E-state index contributed by atoms with van der Waals surface area (Å²) in [6.07, 6.45) is 3.96. The predicted molar refractivity (Wildman–Crippen MR) is 135 cm³/mol. The third kappa shape index (κ3) is 7.30. The third-order valence-corrected chi connectivity index (χ3v) is 6.06. The van der Waals surface area contributed by atoms with E-state index in [9.17, 15) is 9.18 Å². The van der Waals surface area contributed by atoms with Crippen LogP contribution >= 0.6 is 11.8 Å². The van der Waals surface area contributed by atoms with Gasteiger partial charge in [-0.25, -0.2) is 9.37 Å². The number of halogens is 1. The zero-order valence-corrected chi connectivity index (χ0v) is 20.9. The van der Waals surface area contributed by atoms with Crippen LogP contribution in [0, 0.1) is 5.82 Å². The minimum Gasteiger partial charge on any atom is -0.494 e. The smallest absolute Gasteiger partial charge is 0.248 e. The Hall–Kier alpha value is -3.37. The molecule has 4 rings (SSSR count). The average Bonchev–Trinajstić information content (AvgIpc) is 3.40. The number of carbonyl (C=O) groups is 1. The normalized spacial score (nSPS) is 12.6. The van der Waals surface area contributed by atoms with Crippen LogP contribution in [0.25, 0.3) is 0 Å². The number of primary amides is 1. The molecule has 3 aromatic rings. The molecule has 1 aliphatic rings. The highest BCUT2D eigenvalue weighted by atomic mass is 32.2. The number of rotatable bonds is 8. The van der Waals surface area contributed by atoms with Crippen molar-refractivity contribution in [3.05, 3.63) is 65.6 Å². The molecule has 1 saturated heterocycles. The highest BCUT2D eigenvalue weighted by Gasteiger charge is 2.18. The van der Waals surface area contributed by atoms with Crippen LogP contribution in [0.1, 0.15) is 28.8 Å². The fourth-order valence-electron chi connectivity index (χ4n) is 3.35. The summed E-state index contributed by atoms with van der Waals surface area (Å²) >= 11 is 1.43. The highest BCUT2D eigenvalue weighted by molar-refractivity contribution is 7.99. The van der Waals surface area contributed by atoms with Crippen molar-refractivity contribution >= 4 is 23.6 Å². The molecule has 0 bridgehead atoms. The van der Waals surface area contributed by atoms with E-state index < -0.39 is 11.7 Å². The van der Waals surface area contributed by atoms with E-state index in [4.69, 9.17) is 15.2 Å². The van der Waals surface area contributed by atoms with Crippen molar-refractivity contribution in [2.45, 2.75) is 29.2 Å². The van der Waals surface area contributed by atoms with Gasteiger partial charge >= 0.3 is 0 Å². The number of ether oxygens (including phenoxy) is 2. The molecule has 3 N–H and O–H groups in total. The molecule has 0 atom stereocenters. The van der Waals surface area contributed by atoms with Crippen LogP contribution in [0.3, 0.4) is 0 Å². The van der Waals surface area contributed by atoms with Gasteiger partial charge < -0.3 is 25.4 Å². The Morgan fingerprint density at radius 2 is 1.86 bits per heavy atom. The van der Waals surface area contributed by atoms with E-state index in [-0.39, 0.29) is 12.4 Å². The second-order valence-corrected chi connectivity index (χ2v) is 8.90. The SMILES string of the molecule is CNC.COc1cc(COc2nc(N3CCCC3)ncc2Sc2ccc(C(N)=O)cc2)ccc1F. The van der Waals surface area contributed by atoms with E-state index in [2.05, 4.69) is 20.2 Å². The number of aromatic nitrogens is 2. The summed E-state index contributed by atoms with van der Waals surface area (Å²) in [6.45, 7) is 2.02. The number of benzene rings is 2. The fourth-order valence-corrected chi connectivity index (χ4v) is 4.17. The summed E-state index contributed by atoms with van der Waals surface area (Å²) in [6, 6.07) is 11.6.